The molecule has 2 amide bonds. The monoisotopic (exact) mass is 531 g/mol. The Labute approximate surface area is 224 Å². The van der Waals surface area contributed by atoms with E-state index < -0.39 is 24.0 Å². The fraction of sp³-hybridized carbons (Fsp3) is 0.571. The molecule has 0 aliphatic carbocycles. The third-order valence-electron chi connectivity index (χ3n) is 6.55. The number of nitrogens with zero attached hydrogens (tertiary/aromatic N) is 2. The van der Waals surface area contributed by atoms with Crippen LogP contribution in [-0.4, -0.2) is 58.5 Å². The summed E-state index contributed by atoms with van der Waals surface area (Å²) in [5.74, 6) is -0.389. The van der Waals surface area contributed by atoms with Crippen molar-refractivity contribution in [1.82, 2.24) is 15.2 Å². The van der Waals surface area contributed by atoms with Crippen LogP contribution >= 0.6 is 11.3 Å². The van der Waals surface area contributed by atoms with Gasteiger partial charge in [-0.1, -0.05) is 64.4 Å². The van der Waals surface area contributed by atoms with Crippen molar-refractivity contribution >= 4 is 29.1 Å². The van der Waals surface area contributed by atoms with E-state index in [9.17, 15) is 19.5 Å². The molecule has 0 aliphatic heterocycles. The number of benzene rings is 1. The minimum atomic E-state index is -0.687. The minimum Gasteiger partial charge on any atom is -0.455 e. The molecule has 37 heavy (non-hydrogen) atoms. The van der Waals surface area contributed by atoms with Crippen molar-refractivity contribution in [2.24, 2.45) is 11.8 Å². The van der Waals surface area contributed by atoms with Crippen LogP contribution in [0.1, 0.15) is 81.0 Å². The second kappa shape index (κ2) is 14.8. The summed E-state index contributed by atoms with van der Waals surface area (Å²) in [6.45, 7) is 9.32. The fourth-order valence-electron chi connectivity index (χ4n) is 4.13. The third kappa shape index (κ3) is 9.55. The van der Waals surface area contributed by atoms with Crippen molar-refractivity contribution in [2.75, 3.05) is 13.7 Å². The second-order valence-corrected chi connectivity index (χ2v) is 10.9. The average Bonchev–Trinajstić information content (AvgIpc) is 3.36. The average molecular weight is 532 g/mol. The summed E-state index contributed by atoms with van der Waals surface area (Å²) >= 11 is 1.24. The highest BCUT2D eigenvalue weighted by molar-refractivity contribution is 7.09. The lowest BCUT2D eigenvalue weighted by Crippen LogP contribution is -2.42. The number of carbonyl (C=O) groups is 3. The number of aliphatic hydroxyl groups is 1. The molecule has 8 nitrogen and oxygen atoms in total. The minimum absolute atomic E-state index is 0.0577. The van der Waals surface area contributed by atoms with Gasteiger partial charge in [0.2, 0.25) is 5.91 Å². The third-order valence-corrected chi connectivity index (χ3v) is 7.49. The Kier molecular flexibility index (Phi) is 12.2. The van der Waals surface area contributed by atoms with Crippen molar-refractivity contribution in [2.45, 2.75) is 78.5 Å². The molecule has 9 heteroatoms. The highest BCUT2D eigenvalue weighted by Crippen LogP contribution is 2.30. The zero-order chi connectivity index (χ0) is 27.5. The lowest BCUT2D eigenvalue weighted by molar-refractivity contribution is -0.148. The summed E-state index contributed by atoms with van der Waals surface area (Å²) in [6.07, 6.45) is 1.57. The molecule has 2 rings (SSSR count). The Bertz CT molecular complexity index is 1010. The number of aromatic nitrogens is 1. The molecule has 204 valence electrons. The second-order valence-electron chi connectivity index (χ2n) is 9.98. The van der Waals surface area contributed by atoms with Crippen LogP contribution in [0.4, 0.5) is 0 Å². The standard InChI is InChI=1S/C28H41N3O5S/c1-7-19(4)13-26(34)31(6)24(18(2)3)15-25(36-20(5)33)28-30-23(17-37-28)27(35)29-22(16-32)14-21-11-9-8-10-12-21/h8-12,17-19,22,24-25,32H,7,13-16H2,1-6H3,(H,29,35)/t19-,22?,24+,25+/m0/s1. The van der Waals surface area contributed by atoms with Crippen molar-refractivity contribution in [3.63, 3.8) is 0 Å². The zero-order valence-electron chi connectivity index (χ0n) is 22.8. The maximum atomic E-state index is 12.9. The Morgan fingerprint density at radius 3 is 2.41 bits per heavy atom. The summed E-state index contributed by atoms with van der Waals surface area (Å²) in [4.78, 5) is 43.9. The zero-order valence-corrected chi connectivity index (χ0v) is 23.6. The van der Waals surface area contributed by atoms with Gasteiger partial charge >= 0.3 is 5.97 Å². The van der Waals surface area contributed by atoms with Gasteiger partial charge in [0.15, 0.2) is 6.10 Å². The molecule has 0 fully saturated rings. The number of amides is 2. The number of hydrogen-bond donors (Lipinski definition) is 2. The summed E-state index contributed by atoms with van der Waals surface area (Å²) in [5.41, 5.74) is 1.20. The lowest BCUT2D eigenvalue weighted by Gasteiger charge is -2.34. The molecule has 1 heterocycles. The first-order chi connectivity index (χ1) is 17.5. The van der Waals surface area contributed by atoms with Crippen molar-refractivity contribution in [3.05, 3.63) is 52.0 Å². The van der Waals surface area contributed by atoms with E-state index in [1.165, 1.54) is 18.3 Å². The molecule has 2 aromatic rings. The molecule has 1 unspecified atom stereocenters. The summed E-state index contributed by atoms with van der Waals surface area (Å²) in [6, 6.07) is 8.98. The Hall–Kier alpha value is -2.78. The summed E-state index contributed by atoms with van der Waals surface area (Å²) < 4.78 is 5.62. The van der Waals surface area contributed by atoms with Gasteiger partial charge in [0.25, 0.3) is 5.91 Å². The topological polar surface area (TPSA) is 109 Å². The van der Waals surface area contributed by atoms with E-state index in [-0.39, 0.29) is 36.1 Å². The van der Waals surface area contributed by atoms with Crippen molar-refractivity contribution < 1.29 is 24.2 Å². The normalized spacial score (nSPS) is 14.5. The van der Waals surface area contributed by atoms with E-state index in [2.05, 4.69) is 24.1 Å². The number of hydrogen-bond acceptors (Lipinski definition) is 7. The van der Waals surface area contributed by atoms with Gasteiger partial charge in [0.1, 0.15) is 10.7 Å². The molecule has 0 bridgehead atoms. The highest BCUT2D eigenvalue weighted by atomic mass is 32.1. The maximum Gasteiger partial charge on any atom is 0.303 e. The molecule has 1 aromatic heterocycles. The number of carbonyl (C=O) groups excluding carboxylic acids is 3. The predicted octanol–water partition coefficient (Wildman–Crippen LogP) is 4.39. The first-order valence-corrected chi connectivity index (χ1v) is 13.8. The molecule has 0 spiro atoms. The van der Waals surface area contributed by atoms with E-state index in [1.54, 1.807) is 17.3 Å². The number of aliphatic hydroxyl groups excluding tert-OH is 1. The van der Waals surface area contributed by atoms with E-state index in [1.807, 2.05) is 44.2 Å². The number of esters is 1. The number of rotatable bonds is 14. The number of nitrogens with one attached hydrogen (secondary N) is 1. The van der Waals surface area contributed by atoms with Gasteiger partial charge < -0.3 is 20.1 Å². The van der Waals surface area contributed by atoms with Crippen molar-refractivity contribution in [1.29, 1.82) is 0 Å². The molecule has 0 aliphatic rings. The largest absolute Gasteiger partial charge is 0.455 e. The molecule has 0 saturated heterocycles. The molecule has 2 N–H and O–H groups in total. The van der Waals surface area contributed by atoms with E-state index in [0.717, 1.165) is 12.0 Å². The quantitative estimate of drug-likeness (QED) is 0.350. The van der Waals surface area contributed by atoms with Crippen LogP contribution in [0, 0.1) is 11.8 Å². The van der Waals surface area contributed by atoms with Crippen LogP contribution in [0.2, 0.25) is 0 Å². The van der Waals surface area contributed by atoms with E-state index in [4.69, 9.17) is 4.74 Å². The number of thiazole rings is 1. The van der Waals surface area contributed by atoms with Gasteiger partial charge in [-0.15, -0.1) is 11.3 Å². The smallest absolute Gasteiger partial charge is 0.303 e. The lowest BCUT2D eigenvalue weighted by atomic mass is 9.95. The van der Waals surface area contributed by atoms with Gasteiger partial charge in [0, 0.05) is 38.2 Å². The maximum absolute atomic E-state index is 12.9. The Morgan fingerprint density at radius 2 is 1.84 bits per heavy atom. The summed E-state index contributed by atoms with van der Waals surface area (Å²) in [7, 11) is 1.79. The van der Waals surface area contributed by atoms with Crippen LogP contribution in [-0.2, 0) is 20.7 Å². The van der Waals surface area contributed by atoms with Crippen molar-refractivity contribution in [3.8, 4) is 0 Å². The summed E-state index contributed by atoms with van der Waals surface area (Å²) in [5, 5.41) is 14.7. The molecular formula is C28H41N3O5S. The van der Waals surface area contributed by atoms with Gasteiger partial charge in [-0.25, -0.2) is 4.98 Å². The van der Waals surface area contributed by atoms with Gasteiger partial charge in [-0.05, 0) is 23.8 Å². The molecule has 0 radical (unpaired) electrons. The molecule has 4 atom stereocenters. The van der Waals surface area contributed by atoms with E-state index >= 15 is 0 Å². The van der Waals surface area contributed by atoms with Crippen LogP contribution < -0.4 is 5.32 Å². The van der Waals surface area contributed by atoms with Crippen LogP contribution in [0.5, 0.6) is 0 Å². The van der Waals surface area contributed by atoms with Gasteiger partial charge in [0.05, 0.1) is 12.6 Å². The Morgan fingerprint density at radius 1 is 1.16 bits per heavy atom. The first kappa shape index (κ1) is 30.4. The van der Waals surface area contributed by atoms with E-state index in [0.29, 0.717) is 24.3 Å². The number of ether oxygens (including phenoxy) is 1. The van der Waals surface area contributed by atoms with Crippen LogP contribution in [0.15, 0.2) is 35.7 Å². The highest BCUT2D eigenvalue weighted by Gasteiger charge is 2.31. The van der Waals surface area contributed by atoms with Crippen LogP contribution in [0.25, 0.3) is 0 Å². The Balaban J connectivity index is 2.16. The first-order valence-electron chi connectivity index (χ1n) is 12.9. The fourth-order valence-corrected chi connectivity index (χ4v) is 4.97. The van der Waals surface area contributed by atoms with Crippen LogP contribution in [0.3, 0.4) is 0 Å². The molecule has 1 aromatic carbocycles. The predicted molar refractivity (Wildman–Crippen MR) is 145 cm³/mol. The van der Waals surface area contributed by atoms with Gasteiger partial charge in [-0.3, -0.25) is 14.4 Å². The van der Waals surface area contributed by atoms with Gasteiger partial charge in [-0.2, -0.15) is 0 Å². The molecular weight excluding hydrogens is 490 g/mol. The molecule has 0 saturated carbocycles. The SMILES string of the molecule is CC[C@H](C)CC(=O)N(C)[C@H](C[C@@H](OC(C)=O)c1nc(C(=O)NC(CO)Cc2ccccc2)cs1)C(C)C.